The highest BCUT2D eigenvalue weighted by Gasteiger charge is 2.07. The van der Waals surface area contributed by atoms with Gasteiger partial charge in [0.1, 0.15) is 11.5 Å². The zero-order chi connectivity index (χ0) is 15.2. The van der Waals surface area contributed by atoms with E-state index in [1.165, 1.54) is 0 Å². The number of benzene rings is 2. The van der Waals surface area contributed by atoms with Crippen molar-refractivity contribution >= 4 is 11.6 Å². The van der Waals surface area contributed by atoms with Crippen LogP contribution in [-0.4, -0.2) is 10.2 Å². The average molecular weight is 317 g/mol. The van der Waals surface area contributed by atoms with Crippen LogP contribution in [0.4, 0.5) is 0 Å². The monoisotopic (exact) mass is 316 g/mol. The SMILES string of the molecule is Clc1ccc(OCc2nnc(COc3ccccc3)o2)cc1. The molecule has 6 heteroatoms. The van der Waals surface area contributed by atoms with Crippen LogP contribution in [0.5, 0.6) is 11.5 Å². The molecule has 0 aliphatic heterocycles. The van der Waals surface area contributed by atoms with Gasteiger partial charge < -0.3 is 13.9 Å². The summed E-state index contributed by atoms with van der Waals surface area (Å²) in [5, 5.41) is 8.49. The molecule has 0 unspecified atom stereocenters. The van der Waals surface area contributed by atoms with Gasteiger partial charge >= 0.3 is 0 Å². The van der Waals surface area contributed by atoms with Gasteiger partial charge in [-0.05, 0) is 36.4 Å². The second-order valence-electron chi connectivity index (χ2n) is 4.43. The van der Waals surface area contributed by atoms with Crippen molar-refractivity contribution in [1.29, 1.82) is 0 Å². The van der Waals surface area contributed by atoms with Gasteiger partial charge in [-0.1, -0.05) is 29.8 Å². The maximum atomic E-state index is 5.81. The lowest BCUT2D eigenvalue weighted by molar-refractivity contribution is 0.232. The van der Waals surface area contributed by atoms with Crippen LogP contribution < -0.4 is 9.47 Å². The van der Waals surface area contributed by atoms with Crippen LogP contribution in [-0.2, 0) is 13.2 Å². The first kappa shape index (κ1) is 14.4. The fourth-order valence-corrected chi connectivity index (χ4v) is 1.87. The lowest BCUT2D eigenvalue weighted by atomic mass is 10.3. The molecule has 0 fully saturated rings. The molecule has 2 aromatic carbocycles. The first-order valence-corrected chi connectivity index (χ1v) is 7.05. The molecule has 3 rings (SSSR count). The summed E-state index contributed by atoms with van der Waals surface area (Å²) in [6.45, 7) is 0.415. The van der Waals surface area contributed by atoms with Crippen molar-refractivity contribution in [2.24, 2.45) is 0 Å². The molecular formula is C16H13ClN2O3. The Hall–Kier alpha value is -2.53. The van der Waals surface area contributed by atoms with Crippen molar-refractivity contribution in [3.63, 3.8) is 0 Å². The molecular weight excluding hydrogens is 304 g/mol. The zero-order valence-corrected chi connectivity index (χ0v) is 12.4. The molecule has 0 saturated carbocycles. The van der Waals surface area contributed by atoms with Crippen molar-refractivity contribution in [2.45, 2.75) is 13.2 Å². The van der Waals surface area contributed by atoms with E-state index >= 15 is 0 Å². The molecule has 5 nitrogen and oxygen atoms in total. The highest BCUT2D eigenvalue weighted by atomic mass is 35.5. The first-order valence-electron chi connectivity index (χ1n) is 6.67. The fourth-order valence-electron chi connectivity index (χ4n) is 1.74. The second-order valence-corrected chi connectivity index (χ2v) is 4.87. The predicted molar refractivity (Wildman–Crippen MR) is 80.9 cm³/mol. The van der Waals surface area contributed by atoms with Crippen LogP contribution in [0.25, 0.3) is 0 Å². The van der Waals surface area contributed by atoms with Gasteiger partial charge in [-0.15, -0.1) is 10.2 Å². The van der Waals surface area contributed by atoms with Gasteiger partial charge in [0.15, 0.2) is 13.2 Å². The van der Waals surface area contributed by atoms with Gasteiger partial charge in [0.2, 0.25) is 0 Å². The quantitative estimate of drug-likeness (QED) is 0.690. The highest BCUT2D eigenvalue weighted by Crippen LogP contribution is 2.17. The molecule has 1 heterocycles. The molecule has 22 heavy (non-hydrogen) atoms. The Labute approximate surface area is 132 Å². The average Bonchev–Trinajstić information content (AvgIpc) is 3.01. The molecule has 0 spiro atoms. The van der Waals surface area contributed by atoms with Crippen molar-refractivity contribution in [2.75, 3.05) is 0 Å². The van der Waals surface area contributed by atoms with Gasteiger partial charge in [-0.3, -0.25) is 0 Å². The molecule has 0 atom stereocenters. The van der Waals surface area contributed by atoms with E-state index in [-0.39, 0.29) is 13.2 Å². The Morgan fingerprint density at radius 3 is 1.91 bits per heavy atom. The maximum absolute atomic E-state index is 5.81. The minimum atomic E-state index is 0.194. The Bertz CT molecular complexity index is 714. The van der Waals surface area contributed by atoms with E-state index in [0.717, 1.165) is 5.75 Å². The molecule has 112 valence electrons. The Morgan fingerprint density at radius 1 is 0.773 bits per heavy atom. The fraction of sp³-hybridized carbons (Fsp3) is 0.125. The molecule has 0 radical (unpaired) electrons. The van der Waals surface area contributed by atoms with E-state index < -0.39 is 0 Å². The summed E-state index contributed by atoms with van der Waals surface area (Å²) in [5.41, 5.74) is 0. The van der Waals surface area contributed by atoms with E-state index in [2.05, 4.69) is 10.2 Å². The number of aromatic nitrogens is 2. The summed E-state index contributed by atoms with van der Waals surface area (Å²) in [5.74, 6) is 2.23. The van der Waals surface area contributed by atoms with E-state index in [1.807, 2.05) is 30.3 Å². The molecule has 0 amide bonds. The summed E-state index contributed by atoms with van der Waals surface area (Å²) < 4.78 is 16.5. The van der Waals surface area contributed by atoms with Gasteiger partial charge in [-0.2, -0.15) is 0 Å². The van der Waals surface area contributed by atoms with Crippen LogP contribution in [0.15, 0.2) is 59.0 Å². The van der Waals surface area contributed by atoms with E-state index in [0.29, 0.717) is 22.6 Å². The second kappa shape index (κ2) is 6.95. The third-order valence-electron chi connectivity index (χ3n) is 2.79. The van der Waals surface area contributed by atoms with Gasteiger partial charge in [-0.25, -0.2) is 0 Å². The topological polar surface area (TPSA) is 57.4 Å². The van der Waals surface area contributed by atoms with Crippen LogP contribution in [0.3, 0.4) is 0 Å². The summed E-state index contributed by atoms with van der Waals surface area (Å²) >= 11 is 5.81. The summed E-state index contributed by atoms with van der Waals surface area (Å²) in [6.07, 6.45) is 0. The molecule has 0 N–H and O–H groups in total. The maximum Gasteiger partial charge on any atom is 0.254 e. The third kappa shape index (κ3) is 3.99. The number of nitrogens with zero attached hydrogens (tertiary/aromatic N) is 2. The molecule has 0 aliphatic rings. The molecule has 0 saturated heterocycles. The highest BCUT2D eigenvalue weighted by molar-refractivity contribution is 6.30. The minimum absolute atomic E-state index is 0.194. The number of para-hydroxylation sites is 1. The molecule has 0 aliphatic carbocycles. The number of hydrogen-bond donors (Lipinski definition) is 0. The number of ether oxygens (including phenoxy) is 2. The van der Waals surface area contributed by atoms with Crippen molar-refractivity contribution < 1.29 is 13.9 Å². The lowest BCUT2D eigenvalue weighted by Gasteiger charge is -2.03. The summed E-state index contributed by atoms with van der Waals surface area (Å²) in [7, 11) is 0. The predicted octanol–water partition coefficient (Wildman–Crippen LogP) is 3.88. The summed E-state index contributed by atoms with van der Waals surface area (Å²) in [4.78, 5) is 0. The first-order chi connectivity index (χ1) is 10.8. The number of halogens is 1. The molecule has 3 aromatic rings. The van der Waals surface area contributed by atoms with Crippen LogP contribution in [0.2, 0.25) is 5.02 Å². The van der Waals surface area contributed by atoms with Crippen LogP contribution >= 0.6 is 11.6 Å². The van der Waals surface area contributed by atoms with E-state index in [1.54, 1.807) is 24.3 Å². The van der Waals surface area contributed by atoms with Crippen LogP contribution in [0.1, 0.15) is 11.8 Å². The Balaban J connectivity index is 1.51. The van der Waals surface area contributed by atoms with Gasteiger partial charge in [0.05, 0.1) is 0 Å². The van der Waals surface area contributed by atoms with Crippen LogP contribution in [0, 0.1) is 0 Å². The lowest BCUT2D eigenvalue weighted by Crippen LogP contribution is -1.95. The zero-order valence-electron chi connectivity index (χ0n) is 11.6. The van der Waals surface area contributed by atoms with Gasteiger partial charge in [0.25, 0.3) is 11.8 Å². The Kier molecular flexibility index (Phi) is 4.56. The summed E-state index contributed by atoms with van der Waals surface area (Å²) in [6, 6.07) is 16.5. The smallest absolute Gasteiger partial charge is 0.254 e. The van der Waals surface area contributed by atoms with Gasteiger partial charge in [0, 0.05) is 5.02 Å². The van der Waals surface area contributed by atoms with Crippen molar-refractivity contribution in [1.82, 2.24) is 10.2 Å². The largest absolute Gasteiger partial charge is 0.484 e. The molecule has 0 bridgehead atoms. The minimum Gasteiger partial charge on any atom is -0.484 e. The van der Waals surface area contributed by atoms with Crippen molar-refractivity contribution in [3.05, 3.63) is 71.4 Å². The van der Waals surface area contributed by atoms with E-state index in [4.69, 9.17) is 25.5 Å². The normalized spacial score (nSPS) is 10.4. The molecule has 1 aromatic heterocycles. The number of rotatable bonds is 6. The third-order valence-corrected chi connectivity index (χ3v) is 3.04. The standard InChI is InChI=1S/C16H13ClN2O3/c17-12-6-8-14(9-7-12)21-11-16-19-18-15(22-16)10-20-13-4-2-1-3-5-13/h1-9H,10-11H2. The Morgan fingerprint density at radius 2 is 1.32 bits per heavy atom. The number of hydrogen-bond acceptors (Lipinski definition) is 5. The van der Waals surface area contributed by atoms with E-state index in [9.17, 15) is 0 Å². The van der Waals surface area contributed by atoms with Crippen molar-refractivity contribution in [3.8, 4) is 11.5 Å².